The molecule has 2 fully saturated rings. The van der Waals surface area contributed by atoms with Crippen LogP contribution in [0.15, 0.2) is 27.4 Å². The van der Waals surface area contributed by atoms with Gasteiger partial charge in [0.05, 0.1) is 10.6 Å². The first kappa shape index (κ1) is 22.2. The number of piperidine rings is 1. The maximum Gasteiger partial charge on any atom is 0.336 e. The van der Waals surface area contributed by atoms with E-state index in [1.165, 1.54) is 6.07 Å². The summed E-state index contributed by atoms with van der Waals surface area (Å²) in [6, 6.07) is 4.85. The Morgan fingerprint density at radius 2 is 2.16 bits per heavy atom. The number of carbonyl (C=O) groups is 1. The molecule has 7 heteroatoms. The van der Waals surface area contributed by atoms with E-state index in [1.807, 2.05) is 0 Å². The molecule has 2 atom stereocenters. The van der Waals surface area contributed by atoms with Crippen molar-refractivity contribution in [2.75, 3.05) is 19.7 Å². The molecule has 4 rings (SSSR count). The molecule has 2 aliphatic rings. The lowest BCUT2D eigenvalue weighted by molar-refractivity contribution is -0.145. The van der Waals surface area contributed by atoms with Crippen molar-refractivity contribution in [2.24, 2.45) is 5.92 Å². The minimum absolute atomic E-state index is 0.123. The van der Waals surface area contributed by atoms with Crippen molar-refractivity contribution in [3.8, 4) is 5.75 Å². The van der Waals surface area contributed by atoms with Crippen LogP contribution in [0.25, 0.3) is 11.0 Å². The van der Waals surface area contributed by atoms with Crippen molar-refractivity contribution in [3.05, 3.63) is 39.2 Å². The van der Waals surface area contributed by atoms with Gasteiger partial charge >= 0.3 is 5.63 Å². The molecular weight excluding hydrogens is 418 g/mol. The Morgan fingerprint density at radius 1 is 1.32 bits per heavy atom. The number of ether oxygens (including phenoxy) is 1. The molecule has 168 valence electrons. The van der Waals surface area contributed by atoms with Crippen molar-refractivity contribution >= 4 is 28.5 Å². The number of aliphatic hydroxyl groups is 1. The predicted molar refractivity (Wildman–Crippen MR) is 120 cm³/mol. The third kappa shape index (κ3) is 4.75. The molecule has 1 N–H and O–H groups in total. The van der Waals surface area contributed by atoms with Crippen LogP contribution in [-0.2, 0) is 11.2 Å². The molecule has 2 heterocycles. The lowest BCUT2D eigenvalue weighted by atomic mass is 9.71. The van der Waals surface area contributed by atoms with Crippen molar-refractivity contribution in [1.29, 1.82) is 0 Å². The van der Waals surface area contributed by atoms with E-state index in [0.717, 1.165) is 55.9 Å². The predicted octanol–water partition coefficient (Wildman–Crippen LogP) is 4.32. The molecule has 1 aromatic heterocycles. The summed E-state index contributed by atoms with van der Waals surface area (Å²) in [6.45, 7) is 3.06. The molecule has 1 amide bonds. The van der Waals surface area contributed by atoms with Gasteiger partial charge in [-0.05, 0) is 43.7 Å². The number of fused-ring (bicyclic) bond motifs is 2. The third-order valence-corrected chi connectivity index (χ3v) is 7.11. The van der Waals surface area contributed by atoms with Crippen LogP contribution in [0.3, 0.4) is 0 Å². The highest BCUT2D eigenvalue weighted by atomic mass is 35.5. The second-order valence-electron chi connectivity index (χ2n) is 8.90. The van der Waals surface area contributed by atoms with Gasteiger partial charge in [0.2, 0.25) is 0 Å². The SMILES string of the molecule is CCCCc1cc(=O)oc2cc(OCC(=O)N3CC[C@@]4(O)CCCC[C@@H]4C3)c(Cl)cc12. The van der Waals surface area contributed by atoms with Crippen LogP contribution in [0.2, 0.25) is 5.02 Å². The highest BCUT2D eigenvalue weighted by Gasteiger charge is 2.43. The summed E-state index contributed by atoms with van der Waals surface area (Å²) in [5, 5.41) is 12.0. The molecule has 0 unspecified atom stereocenters. The first-order valence-electron chi connectivity index (χ1n) is 11.3. The van der Waals surface area contributed by atoms with Crippen molar-refractivity contribution in [1.82, 2.24) is 4.90 Å². The van der Waals surface area contributed by atoms with Crippen molar-refractivity contribution < 1.29 is 19.1 Å². The normalized spacial score (nSPS) is 23.6. The van der Waals surface area contributed by atoms with Gasteiger partial charge < -0.3 is 19.2 Å². The Bertz CT molecular complexity index is 1020. The first-order valence-corrected chi connectivity index (χ1v) is 11.7. The lowest BCUT2D eigenvalue weighted by Crippen LogP contribution is -2.55. The Hall–Kier alpha value is -2.05. The smallest absolute Gasteiger partial charge is 0.336 e. The van der Waals surface area contributed by atoms with Gasteiger partial charge in [-0.25, -0.2) is 4.79 Å². The number of aryl methyl sites for hydroxylation is 1. The summed E-state index contributed by atoms with van der Waals surface area (Å²) in [4.78, 5) is 26.5. The zero-order valence-electron chi connectivity index (χ0n) is 18.0. The molecule has 1 aliphatic carbocycles. The number of rotatable bonds is 6. The summed E-state index contributed by atoms with van der Waals surface area (Å²) < 4.78 is 11.1. The topological polar surface area (TPSA) is 80.0 Å². The van der Waals surface area contributed by atoms with Gasteiger partial charge in [0.25, 0.3) is 5.91 Å². The number of hydrogen-bond donors (Lipinski definition) is 1. The van der Waals surface area contributed by atoms with Crippen LogP contribution in [-0.4, -0.2) is 41.2 Å². The second-order valence-corrected chi connectivity index (χ2v) is 9.30. The number of carbonyl (C=O) groups excluding carboxylic acids is 1. The number of benzene rings is 1. The molecule has 0 spiro atoms. The standard InChI is InChI=1S/C24H30ClNO5/c1-2-3-6-16-11-23(28)31-20-13-21(19(25)12-18(16)20)30-15-22(27)26-10-9-24(29)8-5-4-7-17(24)14-26/h11-13,17,29H,2-10,14-15H2,1H3/t17-,24+/m1/s1. The molecule has 1 saturated heterocycles. The number of hydrogen-bond acceptors (Lipinski definition) is 5. The van der Waals surface area contributed by atoms with Crippen LogP contribution in [0.4, 0.5) is 0 Å². The van der Waals surface area contributed by atoms with Crippen LogP contribution in [0, 0.1) is 5.92 Å². The Balaban J connectivity index is 1.45. The average molecular weight is 448 g/mol. The van der Waals surface area contributed by atoms with Gasteiger partial charge in [-0.2, -0.15) is 0 Å². The Kier molecular flexibility index (Phi) is 6.58. The summed E-state index contributed by atoms with van der Waals surface area (Å²) in [5.41, 5.74) is 0.294. The van der Waals surface area contributed by atoms with E-state index >= 15 is 0 Å². The third-order valence-electron chi connectivity index (χ3n) is 6.81. The largest absolute Gasteiger partial charge is 0.482 e. The number of unbranched alkanes of at least 4 members (excludes halogenated alkanes) is 1. The zero-order valence-corrected chi connectivity index (χ0v) is 18.7. The Labute approximate surface area is 187 Å². The number of likely N-dealkylation sites (tertiary alicyclic amines) is 1. The minimum Gasteiger partial charge on any atom is -0.482 e. The van der Waals surface area contributed by atoms with Crippen LogP contribution < -0.4 is 10.4 Å². The molecule has 0 radical (unpaired) electrons. The monoisotopic (exact) mass is 447 g/mol. The average Bonchev–Trinajstić information content (AvgIpc) is 2.75. The van der Waals surface area contributed by atoms with Gasteiger partial charge in [-0.15, -0.1) is 0 Å². The molecule has 1 aliphatic heterocycles. The van der Waals surface area contributed by atoms with E-state index in [0.29, 0.717) is 35.9 Å². The fourth-order valence-corrected chi connectivity index (χ4v) is 5.16. The minimum atomic E-state index is -0.620. The van der Waals surface area contributed by atoms with E-state index in [-0.39, 0.29) is 18.4 Å². The van der Waals surface area contributed by atoms with Crippen molar-refractivity contribution in [2.45, 2.75) is 63.9 Å². The summed E-state index contributed by atoms with van der Waals surface area (Å²) in [7, 11) is 0. The summed E-state index contributed by atoms with van der Waals surface area (Å²) in [5.74, 6) is 0.338. The molecule has 1 saturated carbocycles. The molecular formula is C24H30ClNO5. The molecule has 1 aromatic carbocycles. The van der Waals surface area contributed by atoms with E-state index in [1.54, 1.807) is 17.0 Å². The first-order chi connectivity index (χ1) is 14.9. The van der Waals surface area contributed by atoms with Crippen LogP contribution in [0.1, 0.15) is 57.4 Å². The van der Waals surface area contributed by atoms with Gasteiger partial charge in [0.15, 0.2) is 6.61 Å². The zero-order chi connectivity index (χ0) is 22.0. The van der Waals surface area contributed by atoms with E-state index in [9.17, 15) is 14.7 Å². The van der Waals surface area contributed by atoms with E-state index < -0.39 is 11.2 Å². The molecule has 31 heavy (non-hydrogen) atoms. The summed E-state index contributed by atoms with van der Waals surface area (Å²) >= 11 is 6.42. The van der Waals surface area contributed by atoms with Gasteiger partial charge in [-0.3, -0.25) is 4.79 Å². The van der Waals surface area contributed by atoms with Gasteiger partial charge in [0, 0.05) is 36.5 Å². The number of halogens is 1. The molecule has 0 bridgehead atoms. The quantitative estimate of drug-likeness (QED) is 0.667. The van der Waals surface area contributed by atoms with Crippen LogP contribution in [0.5, 0.6) is 5.75 Å². The molecule has 6 nitrogen and oxygen atoms in total. The number of amides is 1. The highest BCUT2D eigenvalue weighted by molar-refractivity contribution is 6.32. The number of nitrogens with zero attached hydrogens (tertiary/aromatic N) is 1. The van der Waals surface area contributed by atoms with E-state index in [4.69, 9.17) is 20.8 Å². The Morgan fingerprint density at radius 3 is 2.97 bits per heavy atom. The fraction of sp³-hybridized carbons (Fsp3) is 0.583. The lowest BCUT2D eigenvalue weighted by Gasteiger charge is -2.47. The molecule has 2 aromatic rings. The maximum absolute atomic E-state index is 12.8. The second kappa shape index (κ2) is 9.21. The van der Waals surface area contributed by atoms with Crippen molar-refractivity contribution in [3.63, 3.8) is 0 Å². The maximum atomic E-state index is 12.8. The van der Waals surface area contributed by atoms with Gasteiger partial charge in [-0.1, -0.05) is 37.8 Å². The van der Waals surface area contributed by atoms with E-state index in [2.05, 4.69) is 6.92 Å². The van der Waals surface area contributed by atoms with Gasteiger partial charge in [0.1, 0.15) is 11.3 Å². The highest BCUT2D eigenvalue weighted by Crippen LogP contribution is 2.40. The fourth-order valence-electron chi connectivity index (χ4n) is 4.94. The summed E-state index contributed by atoms with van der Waals surface area (Å²) in [6.07, 6.45) is 7.32. The van der Waals surface area contributed by atoms with Crippen LogP contribution >= 0.6 is 11.6 Å².